The van der Waals surface area contributed by atoms with E-state index in [1.165, 1.54) is 4.52 Å². The van der Waals surface area contributed by atoms with E-state index in [9.17, 15) is 14.9 Å². The van der Waals surface area contributed by atoms with E-state index >= 15 is 0 Å². The molecule has 0 saturated heterocycles. The number of ether oxygens (including phenoxy) is 2. The number of nitriles is 1. The van der Waals surface area contributed by atoms with Gasteiger partial charge in [0.1, 0.15) is 17.2 Å². The topological polar surface area (TPSA) is 107 Å². The molecule has 2 aromatic carbocycles. The number of carbonyl (C=O) groups is 2. The number of carbonyl (C=O) groups excluding carboxylic acids is 2. The van der Waals surface area contributed by atoms with E-state index in [-0.39, 0.29) is 41.2 Å². The van der Waals surface area contributed by atoms with E-state index < -0.39 is 11.9 Å². The molecule has 0 aliphatic carbocycles. The molecular formula is C25H19BrN4O4. The van der Waals surface area contributed by atoms with E-state index in [2.05, 4.69) is 32.1 Å². The van der Waals surface area contributed by atoms with Gasteiger partial charge in [0, 0.05) is 15.6 Å². The smallest absolute Gasteiger partial charge is 0.358 e. The lowest BCUT2D eigenvalue weighted by molar-refractivity contribution is 0.0471. The van der Waals surface area contributed by atoms with Crippen molar-refractivity contribution in [1.29, 1.82) is 5.26 Å². The Morgan fingerprint density at radius 3 is 2.32 bits per heavy atom. The molecule has 0 amide bonds. The normalized spacial score (nSPS) is 10.6. The standard InChI is InChI=1S/C25H19BrN4O4/c1-3-33-24(31)20-19(16-11-8-12-17(26)13-16)18(14-27)23-28-22(15-9-6-5-7-10-15)29-30(23)21(20)25(32)34-4-2/h5-13H,3-4H2,1-2H3. The number of nitrogens with zero attached hydrogens (tertiary/aromatic N) is 4. The molecule has 0 spiro atoms. The van der Waals surface area contributed by atoms with Gasteiger partial charge in [0.15, 0.2) is 17.2 Å². The number of pyridine rings is 1. The molecule has 0 bridgehead atoms. The van der Waals surface area contributed by atoms with Gasteiger partial charge in [-0.2, -0.15) is 5.26 Å². The zero-order valence-electron chi connectivity index (χ0n) is 18.4. The average Bonchev–Trinajstić information content (AvgIpc) is 3.28. The van der Waals surface area contributed by atoms with Crippen LogP contribution in [-0.4, -0.2) is 39.8 Å². The number of hydrogen-bond donors (Lipinski definition) is 0. The average molecular weight is 519 g/mol. The summed E-state index contributed by atoms with van der Waals surface area (Å²) in [6.45, 7) is 3.47. The third kappa shape index (κ3) is 4.16. The van der Waals surface area contributed by atoms with Crippen LogP contribution in [0.15, 0.2) is 59.1 Å². The van der Waals surface area contributed by atoms with Gasteiger partial charge in [0.25, 0.3) is 0 Å². The highest BCUT2D eigenvalue weighted by Crippen LogP contribution is 2.35. The molecular weight excluding hydrogens is 500 g/mol. The molecule has 0 fully saturated rings. The quantitative estimate of drug-likeness (QED) is 0.328. The van der Waals surface area contributed by atoms with Gasteiger partial charge in [-0.05, 0) is 31.5 Å². The Hall–Kier alpha value is -4.03. The van der Waals surface area contributed by atoms with Crippen LogP contribution >= 0.6 is 15.9 Å². The maximum Gasteiger partial charge on any atom is 0.358 e. The van der Waals surface area contributed by atoms with Crippen LogP contribution < -0.4 is 0 Å². The Morgan fingerprint density at radius 1 is 1.00 bits per heavy atom. The summed E-state index contributed by atoms with van der Waals surface area (Å²) in [5.74, 6) is -1.25. The van der Waals surface area contributed by atoms with Crippen molar-refractivity contribution in [2.45, 2.75) is 13.8 Å². The van der Waals surface area contributed by atoms with Gasteiger partial charge in [-0.3, -0.25) is 0 Å². The van der Waals surface area contributed by atoms with Crippen molar-refractivity contribution < 1.29 is 19.1 Å². The van der Waals surface area contributed by atoms with Crippen LogP contribution in [0.5, 0.6) is 0 Å². The Kier molecular flexibility index (Phi) is 6.70. The Bertz CT molecular complexity index is 1440. The third-order valence-corrected chi connectivity index (χ3v) is 5.48. The molecule has 9 heteroatoms. The van der Waals surface area contributed by atoms with E-state index in [1.54, 1.807) is 32.0 Å². The molecule has 8 nitrogen and oxygen atoms in total. The number of fused-ring (bicyclic) bond motifs is 1. The minimum absolute atomic E-state index is 0.0750. The van der Waals surface area contributed by atoms with Crippen LogP contribution in [-0.2, 0) is 9.47 Å². The summed E-state index contributed by atoms with van der Waals surface area (Å²) < 4.78 is 12.5. The Labute approximate surface area is 203 Å². The molecule has 2 heterocycles. The maximum atomic E-state index is 13.2. The number of esters is 2. The van der Waals surface area contributed by atoms with E-state index in [0.717, 1.165) is 4.47 Å². The predicted octanol–water partition coefficient (Wildman–Crippen LogP) is 5.05. The van der Waals surface area contributed by atoms with Gasteiger partial charge in [-0.1, -0.05) is 58.4 Å². The van der Waals surface area contributed by atoms with Crippen molar-refractivity contribution in [1.82, 2.24) is 14.6 Å². The highest BCUT2D eigenvalue weighted by atomic mass is 79.9. The maximum absolute atomic E-state index is 13.2. The summed E-state index contributed by atoms with van der Waals surface area (Å²) in [5, 5.41) is 14.7. The molecule has 2 aromatic heterocycles. The first-order valence-electron chi connectivity index (χ1n) is 10.5. The fourth-order valence-electron chi connectivity index (χ4n) is 3.63. The molecule has 34 heavy (non-hydrogen) atoms. The highest BCUT2D eigenvalue weighted by Gasteiger charge is 2.33. The van der Waals surface area contributed by atoms with Crippen molar-refractivity contribution in [3.8, 4) is 28.6 Å². The highest BCUT2D eigenvalue weighted by molar-refractivity contribution is 9.10. The van der Waals surface area contributed by atoms with Crippen molar-refractivity contribution in [3.05, 3.63) is 75.9 Å². The van der Waals surface area contributed by atoms with Crippen LogP contribution in [0.4, 0.5) is 0 Å². The predicted molar refractivity (Wildman–Crippen MR) is 128 cm³/mol. The summed E-state index contributed by atoms with van der Waals surface area (Å²) in [4.78, 5) is 31.0. The van der Waals surface area contributed by atoms with Gasteiger partial charge in [-0.15, -0.1) is 5.10 Å². The number of aromatic nitrogens is 3. The summed E-state index contributed by atoms with van der Waals surface area (Å²) in [6.07, 6.45) is 0. The van der Waals surface area contributed by atoms with Gasteiger partial charge < -0.3 is 9.47 Å². The molecule has 0 atom stereocenters. The summed E-state index contributed by atoms with van der Waals surface area (Å²) >= 11 is 3.43. The molecule has 0 aliphatic heterocycles. The van der Waals surface area contributed by atoms with E-state index in [4.69, 9.17) is 9.47 Å². The molecule has 0 saturated carbocycles. The lowest BCUT2D eigenvalue weighted by atomic mass is 9.94. The Morgan fingerprint density at radius 2 is 1.68 bits per heavy atom. The van der Waals surface area contributed by atoms with Crippen molar-refractivity contribution in [3.63, 3.8) is 0 Å². The number of halogens is 1. The van der Waals surface area contributed by atoms with Crippen molar-refractivity contribution in [2.24, 2.45) is 0 Å². The second-order valence-electron chi connectivity index (χ2n) is 7.07. The molecule has 0 N–H and O–H groups in total. The summed E-state index contributed by atoms with van der Waals surface area (Å²) in [5.41, 5.74) is 1.41. The lowest BCUT2D eigenvalue weighted by Gasteiger charge is -2.16. The number of rotatable bonds is 6. The first-order valence-corrected chi connectivity index (χ1v) is 11.3. The first-order chi connectivity index (χ1) is 16.5. The SMILES string of the molecule is CCOC(=O)c1c(-c2cccc(Br)c2)c(C#N)c2nc(-c3ccccc3)nn2c1C(=O)OCC. The molecule has 4 aromatic rings. The van der Waals surface area contributed by atoms with Crippen LogP contribution in [0.25, 0.3) is 28.2 Å². The Balaban J connectivity index is 2.19. The molecule has 4 rings (SSSR count). The van der Waals surface area contributed by atoms with Crippen LogP contribution in [0.3, 0.4) is 0 Å². The van der Waals surface area contributed by atoms with Gasteiger partial charge in [-0.25, -0.2) is 19.1 Å². The summed E-state index contributed by atoms with van der Waals surface area (Å²) in [6, 6.07) is 18.4. The zero-order chi connectivity index (χ0) is 24.2. The fraction of sp³-hybridized carbons (Fsp3) is 0.160. The van der Waals surface area contributed by atoms with Crippen LogP contribution in [0.1, 0.15) is 40.3 Å². The zero-order valence-corrected chi connectivity index (χ0v) is 20.0. The molecule has 0 unspecified atom stereocenters. The molecule has 0 radical (unpaired) electrons. The number of benzene rings is 2. The lowest BCUT2D eigenvalue weighted by Crippen LogP contribution is -2.21. The van der Waals surface area contributed by atoms with Gasteiger partial charge >= 0.3 is 11.9 Å². The molecule has 170 valence electrons. The third-order valence-electron chi connectivity index (χ3n) is 4.98. The van der Waals surface area contributed by atoms with E-state index in [0.29, 0.717) is 17.0 Å². The monoisotopic (exact) mass is 518 g/mol. The van der Waals surface area contributed by atoms with E-state index in [1.807, 2.05) is 36.4 Å². The van der Waals surface area contributed by atoms with Gasteiger partial charge in [0.05, 0.1) is 13.2 Å². The van der Waals surface area contributed by atoms with Crippen LogP contribution in [0, 0.1) is 11.3 Å². The second kappa shape index (κ2) is 9.85. The second-order valence-corrected chi connectivity index (χ2v) is 7.99. The van der Waals surface area contributed by atoms with Crippen molar-refractivity contribution in [2.75, 3.05) is 13.2 Å². The minimum Gasteiger partial charge on any atom is -0.462 e. The fourth-order valence-corrected chi connectivity index (χ4v) is 4.03. The molecule has 0 aliphatic rings. The minimum atomic E-state index is -0.777. The van der Waals surface area contributed by atoms with Gasteiger partial charge in [0.2, 0.25) is 0 Å². The summed E-state index contributed by atoms with van der Waals surface area (Å²) in [7, 11) is 0. The number of hydrogen-bond acceptors (Lipinski definition) is 7. The van der Waals surface area contributed by atoms with Crippen LogP contribution in [0.2, 0.25) is 0 Å². The van der Waals surface area contributed by atoms with Crippen molar-refractivity contribution >= 4 is 33.5 Å². The first kappa shape index (κ1) is 23.1. The largest absolute Gasteiger partial charge is 0.462 e.